The lowest BCUT2D eigenvalue weighted by Gasteiger charge is -2.27. The Hall–Kier alpha value is -0.800. The normalized spacial score (nSPS) is 20.8. The first-order valence-corrected chi connectivity index (χ1v) is 4.69. The van der Waals surface area contributed by atoms with Crippen LogP contribution < -0.4 is 10.1 Å². The third-order valence-electron chi connectivity index (χ3n) is 2.06. The highest BCUT2D eigenvalue weighted by Gasteiger charge is 2.16. The topological polar surface area (TPSA) is 34.1 Å². The van der Waals surface area contributed by atoms with Crippen molar-refractivity contribution in [2.75, 3.05) is 13.2 Å². The number of ether oxygens (including phenoxy) is 1. The van der Waals surface area contributed by atoms with E-state index in [0.717, 1.165) is 12.3 Å². The van der Waals surface area contributed by atoms with E-state index < -0.39 is 0 Å². The third-order valence-corrected chi connectivity index (χ3v) is 2.26. The molecule has 1 aliphatic heterocycles. The zero-order valence-corrected chi connectivity index (χ0v) is 7.92. The molecule has 1 fully saturated rings. The fourth-order valence-corrected chi connectivity index (χ4v) is 1.32. The Labute approximate surface area is 82.1 Å². The van der Waals surface area contributed by atoms with Crippen molar-refractivity contribution >= 4 is 11.6 Å². The molecule has 1 N–H and O–H groups in total. The van der Waals surface area contributed by atoms with Crippen LogP contribution >= 0.6 is 11.6 Å². The number of hydrogen-bond donors (Lipinski definition) is 1. The van der Waals surface area contributed by atoms with E-state index in [4.69, 9.17) is 16.3 Å². The summed E-state index contributed by atoms with van der Waals surface area (Å²) in [6.45, 7) is 1.80. The zero-order valence-electron chi connectivity index (χ0n) is 7.16. The van der Waals surface area contributed by atoms with Crippen molar-refractivity contribution in [2.24, 2.45) is 0 Å². The van der Waals surface area contributed by atoms with E-state index in [1.165, 1.54) is 6.42 Å². The summed E-state index contributed by atoms with van der Waals surface area (Å²) in [5.74, 6) is 0.737. The van der Waals surface area contributed by atoms with Gasteiger partial charge in [-0.15, -0.1) is 0 Å². The smallest absolute Gasteiger partial charge is 0.139 e. The van der Waals surface area contributed by atoms with Crippen LogP contribution in [0.1, 0.15) is 6.42 Å². The Balaban J connectivity index is 1.86. The van der Waals surface area contributed by atoms with Crippen molar-refractivity contribution in [1.82, 2.24) is 10.3 Å². The molecule has 0 saturated carbocycles. The largest absolute Gasteiger partial charge is 0.490 e. The predicted molar refractivity (Wildman–Crippen MR) is 51.1 cm³/mol. The molecule has 0 bridgehead atoms. The van der Waals surface area contributed by atoms with Crippen LogP contribution in [0.3, 0.4) is 0 Å². The lowest BCUT2D eigenvalue weighted by Crippen LogP contribution is -2.46. The van der Waals surface area contributed by atoms with Crippen molar-refractivity contribution in [2.45, 2.75) is 12.5 Å². The fourth-order valence-electron chi connectivity index (χ4n) is 1.16. The summed E-state index contributed by atoms with van der Waals surface area (Å²) in [6.07, 6.45) is 4.45. The molecule has 0 radical (unpaired) electrons. The van der Waals surface area contributed by atoms with Gasteiger partial charge in [0, 0.05) is 18.3 Å². The summed E-state index contributed by atoms with van der Waals surface area (Å²) in [5, 5.41) is 3.86. The molecule has 0 spiro atoms. The first-order valence-electron chi connectivity index (χ1n) is 4.31. The average Bonchev–Trinajstić information content (AvgIpc) is 2.01. The lowest BCUT2D eigenvalue weighted by molar-refractivity contribution is 0.217. The van der Waals surface area contributed by atoms with Gasteiger partial charge in [0.05, 0.1) is 11.2 Å². The number of rotatable bonds is 3. The van der Waals surface area contributed by atoms with Gasteiger partial charge in [-0.3, -0.25) is 4.98 Å². The van der Waals surface area contributed by atoms with Gasteiger partial charge in [0.2, 0.25) is 0 Å². The molecule has 1 aromatic rings. The summed E-state index contributed by atoms with van der Waals surface area (Å²) in [5.41, 5.74) is 0. The van der Waals surface area contributed by atoms with Crippen molar-refractivity contribution < 1.29 is 4.74 Å². The Kier molecular flexibility index (Phi) is 2.66. The van der Waals surface area contributed by atoms with Crippen LogP contribution in [0.4, 0.5) is 0 Å². The van der Waals surface area contributed by atoms with E-state index >= 15 is 0 Å². The second-order valence-corrected chi connectivity index (χ2v) is 3.53. The molecule has 2 rings (SSSR count). The molecule has 1 atom stereocenters. The van der Waals surface area contributed by atoms with Crippen LogP contribution in [0.2, 0.25) is 5.02 Å². The minimum absolute atomic E-state index is 0.499. The maximum atomic E-state index is 5.75. The van der Waals surface area contributed by atoms with Gasteiger partial charge in [-0.05, 0) is 13.0 Å². The van der Waals surface area contributed by atoms with Gasteiger partial charge in [-0.2, -0.15) is 0 Å². The minimum Gasteiger partial charge on any atom is -0.490 e. The molecule has 2 heterocycles. The van der Waals surface area contributed by atoms with Gasteiger partial charge in [-0.1, -0.05) is 11.6 Å². The van der Waals surface area contributed by atoms with Gasteiger partial charge >= 0.3 is 0 Å². The average molecular weight is 199 g/mol. The number of hydrogen-bond acceptors (Lipinski definition) is 3. The minimum atomic E-state index is 0.499. The molecule has 0 aromatic carbocycles. The van der Waals surface area contributed by atoms with Gasteiger partial charge in [0.1, 0.15) is 12.4 Å². The van der Waals surface area contributed by atoms with E-state index in [1.54, 1.807) is 18.5 Å². The molecule has 1 aliphatic rings. The standard InChI is InChI=1S/C9H11ClN2O/c10-7-3-9(5-11-4-7)13-6-8-1-2-12-8/h3-5,8,12H,1-2,6H2/t8-/m0/s1. The molecular weight excluding hydrogens is 188 g/mol. The van der Waals surface area contributed by atoms with Crippen LogP contribution in [0.5, 0.6) is 5.75 Å². The maximum absolute atomic E-state index is 5.75. The summed E-state index contributed by atoms with van der Waals surface area (Å²) >= 11 is 5.75. The van der Waals surface area contributed by atoms with Gasteiger partial charge in [-0.25, -0.2) is 0 Å². The number of aromatic nitrogens is 1. The Bertz CT molecular complexity index is 289. The first-order chi connectivity index (χ1) is 6.34. The van der Waals surface area contributed by atoms with E-state index in [9.17, 15) is 0 Å². The van der Waals surface area contributed by atoms with Gasteiger partial charge in [0.25, 0.3) is 0 Å². The second kappa shape index (κ2) is 3.94. The number of nitrogens with one attached hydrogen (secondary N) is 1. The lowest BCUT2D eigenvalue weighted by atomic mass is 10.1. The molecule has 1 saturated heterocycles. The molecule has 0 aliphatic carbocycles. The molecule has 3 nitrogen and oxygen atoms in total. The van der Waals surface area contributed by atoms with Crippen molar-refractivity contribution in [3.63, 3.8) is 0 Å². The van der Waals surface area contributed by atoms with Crippen LogP contribution in [0.25, 0.3) is 0 Å². The number of pyridine rings is 1. The van der Waals surface area contributed by atoms with Crippen LogP contribution in [-0.2, 0) is 0 Å². The Morgan fingerprint density at radius 1 is 1.62 bits per heavy atom. The van der Waals surface area contributed by atoms with Crippen LogP contribution in [0.15, 0.2) is 18.5 Å². The van der Waals surface area contributed by atoms with E-state index in [0.29, 0.717) is 17.7 Å². The Morgan fingerprint density at radius 3 is 3.08 bits per heavy atom. The fraction of sp³-hybridized carbons (Fsp3) is 0.444. The van der Waals surface area contributed by atoms with Crippen LogP contribution in [0, 0.1) is 0 Å². The number of nitrogens with zero attached hydrogens (tertiary/aromatic N) is 1. The molecule has 1 aromatic heterocycles. The predicted octanol–water partition coefficient (Wildman–Crippen LogP) is 1.48. The zero-order chi connectivity index (χ0) is 9.10. The summed E-state index contributed by atoms with van der Waals surface area (Å²) in [6, 6.07) is 2.27. The Morgan fingerprint density at radius 2 is 2.46 bits per heavy atom. The highest BCUT2D eigenvalue weighted by atomic mass is 35.5. The quantitative estimate of drug-likeness (QED) is 0.799. The van der Waals surface area contributed by atoms with Crippen molar-refractivity contribution in [1.29, 1.82) is 0 Å². The highest BCUT2D eigenvalue weighted by Crippen LogP contribution is 2.15. The van der Waals surface area contributed by atoms with E-state index in [1.807, 2.05) is 0 Å². The van der Waals surface area contributed by atoms with Crippen molar-refractivity contribution in [3.8, 4) is 5.75 Å². The van der Waals surface area contributed by atoms with E-state index in [-0.39, 0.29) is 0 Å². The monoisotopic (exact) mass is 198 g/mol. The summed E-state index contributed by atoms with van der Waals surface area (Å²) in [7, 11) is 0. The van der Waals surface area contributed by atoms with Gasteiger partial charge < -0.3 is 10.1 Å². The van der Waals surface area contributed by atoms with Crippen LogP contribution in [-0.4, -0.2) is 24.2 Å². The molecule has 0 unspecified atom stereocenters. The summed E-state index contributed by atoms with van der Waals surface area (Å²) < 4.78 is 5.48. The van der Waals surface area contributed by atoms with Gasteiger partial charge in [0.15, 0.2) is 0 Å². The third kappa shape index (κ3) is 2.32. The summed E-state index contributed by atoms with van der Waals surface area (Å²) in [4.78, 5) is 3.93. The molecule has 0 amide bonds. The molecule has 13 heavy (non-hydrogen) atoms. The first kappa shape index (κ1) is 8.78. The molecular formula is C9H11ClN2O. The van der Waals surface area contributed by atoms with Crippen molar-refractivity contribution in [3.05, 3.63) is 23.5 Å². The van der Waals surface area contributed by atoms with E-state index in [2.05, 4.69) is 10.3 Å². The SMILES string of the molecule is Clc1cncc(OC[C@@H]2CCN2)c1. The molecule has 70 valence electrons. The molecule has 4 heteroatoms. The highest BCUT2D eigenvalue weighted by molar-refractivity contribution is 6.30. The maximum Gasteiger partial charge on any atom is 0.139 e. The second-order valence-electron chi connectivity index (χ2n) is 3.09. The number of halogens is 1.